The number of urea groups is 1. The number of carboxylic acid groups (broad SMARTS) is 1. The quantitative estimate of drug-likeness (QED) is 0.808. The van der Waals surface area contributed by atoms with E-state index in [1.54, 1.807) is 4.90 Å². The predicted octanol–water partition coefficient (Wildman–Crippen LogP) is 1.84. The van der Waals surface area contributed by atoms with E-state index >= 15 is 0 Å². The molecular formula is C14H26N2O4. The molecule has 116 valence electrons. The molecule has 20 heavy (non-hydrogen) atoms. The minimum atomic E-state index is -0.903. The Bertz CT molecular complexity index is 346. The molecular weight excluding hydrogens is 260 g/mol. The van der Waals surface area contributed by atoms with Gasteiger partial charge in [-0.25, -0.2) is 4.79 Å². The van der Waals surface area contributed by atoms with Gasteiger partial charge in [-0.1, -0.05) is 0 Å². The van der Waals surface area contributed by atoms with Gasteiger partial charge in [0.1, 0.15) is 0 Å². The number of carbonyl (C=O) groups is 2. The van der Waals surface area contributed by atoms with Crippen LogP contribution in [0.4, 0.5) is 4.79 Å². The fraction of sp³-hybridized carbons (Fsp3) is 0.857. The highest BCUT2D eigenvalue weighted by Crippen LogP contribution is 2.18. The van der Waals surface area contributed by atoms with Crippen molar-refractivity contribution in [3.05, 3.63) is 0 Å². The third-order valence-electron chi connectivity index (χ3n) is 3.48. The topological polar surface area (TPSA) is 78.9 Å². The average molecular weight is 286 g/mol. The summed E-state index contributed by atoms with van der Waals surface area (Å²) >= 11 is 0. The van der Waals surface area contributed by atoms with Crippen molar-refractivity contribution in [2.24, 2.45) is 0 Å². The maximum absolute atomic E-state index is 12.3. The molecule has 1 fully saturated rings. The van der Waals surface area contributed by atoms with Crippen molar-refractivity contribution in [1.29, 1.82) is 0 Å². The van der Waals surface area contributed by atoms with Gasteiger partial charge in [-0.2, -0.15) is 0 Å². The van der Waals surface area contributed by atoms with Crippen LogP contribution in [-0.4, -0.2) is 52.8 Å². The average Bonchev–Trinajstić information content (AvgIpc) is 2.79. The molecule has 6 heteroatoms. The smallest absolute Gasteiger partial charge is 0.318 e. The molecule has 2 amide bonds. The number of aliphatic carboxylic acids is 1. The van der Waals surface area contributed by atoms with Gasteiger partial charge >= 0.3 is 12.0 Å². The molecule has 0 bridgehead atoms. The molecule has 2 N–H and O–H groups in total. The van der Waals surface area contributed by atoms with Crippen LogP contribution >= 0.6 is 0 Å². The van der Waals surface area contributed by atoms with E-state index in [0.29, 0.717) is 0 Å². The monoisotopic (exact) mass is 286 g/mol. The van der Waals surface area contributed by atoms with Gasteiger partial charge in [-0.15, -0.1) is 0 Å². The summed E-state index contributed by atoms with van der Waals surface area (Å²) in [7, 11) is 0. The van der Waals surface area contributed by atoms with Crippen LogP contribution in [0.15, 0.2) is 0 Å². The Labute approximate surface area is 120 Å². The SMILES string of the molecule is CC(NC(=O)N(CCC(=O)O)C(C)(C)C)C1CCCO1. The third kappa shape index (κ3) is 5.00. The molecule has 1 heterocycles. The summed E-state index contributed by atoms with van der Waals surface area (Å²) in [4.78, 5) is 24.6. The number of nitrogens with one attached hydrogen (secondary N) is 1. The molecule has 0 aromatic rings. The fourth-order valence-corrected chi connectivity index (χ4v) is 2.31. The lowest BCUT2D eigenvalue weighted by Crippen LogP contribution is -2.54. The van der Waals surface area contributed by atoms with Gasteiger partial charge in [0.25, 0.3) is 0 Å². The fourth-order valence-electron chi connectivity index (χ4n) is 2.31. The molecule has 6 nitrogen and oxygen atoms in total. The summed E-state index contributed by atoms with van der Waals surface area (Å²) in [5.74, 6) is -0.903. The summed E-state index contributed by atoms with van der Waals surface area (Å²) < 4.78 is 5.55. The van der Waals surface area contributed by atoms with Gasteiger partial charge in [-0.05, 0) is 40.5 Å². The molecule has 2 atom stereocenters. The van der Waals surface area contributed by atoms with Crippen molar-refractivity contribution in [3.8, 4) is 0 Å². The molecule has 1 aliphatic heterocycles. The Morgan fingerprint density at radius 3 is 2.55 bits per heavy atom. The number of nitrogens with zero attached hydrogens (tertiary/aromatic N) is 1. The van der Waals surface area contributed by atoms with Crippen molar-refractivity contribution in [1.82, 2.24) is 10.2 Å². The van der Waals surface area contributed by atoms with Crippen LogP contribution in [0.5, 0.6) is 0 Å². The maximum atomic E-state index is 12.3. The van der Waals surface area contributed by atoms with Crippen LogP contribution in [-0.2, 0) is 9.53 Å². The van der Waals surface area contributed by atoms with E-state index in [-0.39, 0.29) is 31.1 Å². The van der Waals surface area contributed by atoms with Gasteiger partial charge in [0.2, 0.25) is 0 Å². The molecule has 0 spiro atoms. The summed E-state index contributed by atoms with van der Waals surface area (Å²) in [6, 6.07) is -0.304. The number of rotatable bonds is 5. The molecule has 0 aliphatic carbocycles. The first-order chi connectivity index (χ1) is 9.21. The summed E-state index contributed by atoms with van der Waals surface area (Å²) in [5.41, 5.74) is -0.421. The molecule has 0 saturated carbocycles. The van der Waals surface area contributed by atoms with Crippen molar-refractivity contribution in [2.75, 3.05) is 13.2 Å². The first kappa shape index (κ1) is 16.8. The number of carboxylic acids is 1. The van der Waals surface area contributed by atoms with Crippen LogP contribution in [0.3, 0.4) is 0 Å². The number of hydrogen-bond donors (Lipinski definition) is 2. The second-order valence-electron chi connectivity index (χ2n) is 6.26. The van der Waals surface area contributed by atoms with Crippen molar-refractivity contribution >= 4 is 12.0 Å². The molecule has 0 aromatic heterocycles. The summed E-state index contributed by atoms with van der Waals surface area (Å²) in [6.07, 6.45) is 1.97. The lowest BCUT2D eigenvalue weighted by molar-refractivity contribution is -0.137. The second-order valence-corrected chi connectivity index (χ2v) is 6.26. The van der Waals surface area contributed by atoms with E-state index in [2.05, 4.69) is 5.32 Å². The number of hydrogen-bond acceptors (Lipinski definition) is 3. The minimum Gasteiger partial charge on any atom is -0.481 e. The highest BCUT2D eigenvalue weighted by atomic mass is 16.5. The largest absolute Gasteiger partial charge is 0.481 e. The van der Waals surface area contributed by atoms with Crippen LogP contribution in [0.1, 0.15) is 47.0 Å². The van der Waals surface area contributed by atoms with Crippen LogP contribution in [0, 0.1) is 0 Å². The standard InChI is InChI=1S/C14H26N2O4/c1-10(11-6-5-9-20-11)15-13(19)16(14(2,3)4)8-7-12(17)18/h10-11H,5-9H2,1-4H3,(H,15,19)(H,17,18). The van der Waals surface area contributed by atoms with E-state index in [4.69, 9.17) is 9.84 Å². The number of amides is 2. The molecule has 2 unspecified atom stereocenters. The Hall–Kier alpha value is -1.30. The van der Waals surface area contributed by atoms with Crippen LogP contribution in [0.2, 0.25) is 0 Å². The van der Waals surface area contributed by atoms with Crippen molar-refractivity contribution < 1.29 is 19.4 Å². The van der Waals surface area contributed by atoms with Gasteiger partial charge in [0.15, 0.2) is 0 Å². The zero-order chi connectivity index (χ0) is 15.3. The van der Waals surface area contributed by atoms with Gasteiger partial charge in [-0.3, -0.25) is 4.79 Å². The number of carbonyl (C=O) groups excluding carboxylic acids is 1. The lowest BCUT2D eigenvalue weighted by atomic mass is 10.1. The first-order valence-corrected chi connectivity index (χ1v) is 7.13. The Morgan fingerprint density at radius 1 is 1.45 bits per heavy atom. The van der Waals surface area contributed by atoms with Crippen molar-refractivity contribution in [2.45, 2.75) is 64.6 Å². The maximum Gasteiger partial charge on any atom is 0.318 e. The van der Waals surface area contributed by atoms with E-state index in [1.165, 1.54) is 0 Å². The van der Waals surface area contributed by atoms with E-state index in [0.717, 1.165) is 19.4 Å². The first-order valence-electron chi connectivity index (χ1n) is 7.13. The summed E-state index contributed by atoms with van der Waals surface area (Å²) in [5, 5.41) is 11.7. The normalized spacial score (nSPS) is 20.5. The van der Waals surface area contributed by atoms with E-state index in [9.17, 15) is 9.59 Å². The predicted molar refractivity (Wildman–Crippen MR) is 75.7 cm³/mol. The van der Waals surface area contributed by atoms with Crippen LogP contribution < -0.4 is 5.32 Å². The second kappa shape index (κ2) is 6.92. The van der Waals surface area contributed by atoms with Gasteiger partial charge in [0.05, 0.1) is 18.6 Å². The van der Waals surface area contributed by atoms with E-state index in [1.807, 2.05) is 27.7 Å². The molecule has 1 aliphatic rings. The highest BCUT2D eigenvalue weighted by molar-refractivity contribution is 5.76. The molecule has 0 aromatic carbocycles. The molecule has 1 saturated heterocycles. The van der Waals surface area contributed by atoms with Gasteiger partial charge in [0, 0.05) is 18.7 Å². The molecule has 1 rings (SSSR count). The van der Waals surface area contributed by atoms with Crippen LogP contribution in [0.25, 0.3) is 0 Å². The minimum absolute atomic E-state index is 0.0558. The third-order valence-corrected chi connectivity index (χ3v) is 3.48. The highest BCUT2D eigenvalue weighted by Gasteiger charge is 2.30. The Balaban J connectivity index is 2.60. The number of ether oxygens (including phenoxy) is 1. The summed E-state index contributed by atoms with van der Waals surface area (Å²) in [6.45, 7) is 8.54. The zero-order valence-corrected chi connectivity index (χ0v) is 12.8. The lowest BCUT2D eigenvalue weighted by Gasteiger charge is -2.36. The van der Waals surface area contributed by atoms with E-state index < -0.39 is 11.5 Å². The molecule has 0 radical (unpaired) electrons. The van der Waals surface area contributed by atoms with Crippen molar-refractivity contribution in [3.63, 3.8) is 0 Å². The Kier molecular flexibility index (Phi) is 5.80. The Morgan fingerprint density at radius 2 is 2.10 bits per heavy atom. The zero-order valence-electron chi connectivity index (χ0n) is 12.8. The van der Waals surface area contributed by atoms with Gasteiger partial charge < -0.3 is 20.1 Å².